The van der Waals surface area contributed by atoms with Gasteiger partial charge in [-0.1, -0.05) is 17.7 Å². The molecule has 3 N–H and O–H groups in total. The smallest absolute Gasteiger partial charge is 0.184 e. The van der Waals surface area contributed by atoms with Crippen molar-refractivity contribution in [3.05, 3.63) is 52.8 Å². The quantitative estimate of drug-likeness (QED) is 0.345. The van der Waals surface area contributed by atoms with Gasteiger partial charge in [-0.3, -0.25) is 10.3 Å². The first-order chi connectivity index (χ1) is 16.8. The number of nitrogens with zero attached hydrogens (tertiary/aromatic N) is 5. The largest absolute Gasteiger partial charge is 0.375 e. The van der Waals surface area contributed by atoms with E-state index in [0.717, 1.165) is 68.8 Å². The second-order valence-electron chi connectivity index (χ2n) is 9.17. The van der Waals surface area contributed by atoms with Gasteiger partial charge < -0.3 is 20.4 Å². The van der Waals surface area contributed by atoms with E-state index in [-0.39, 0.29) is 10.9 Å². The normalized spacial score (nSPS) is 17.5. The summed E-state index contributed by atoms with van der Waals surface area (Å²) in [5.74, 6) is -0.262. The molecule has 2 heterocycles. The lowest BCUT2D eigenvalue weighted by Gasteiger charge is -2.40. The van der Waals surface area contributed by atoms with Gasteiger partial charge >= 0.3 is 0 Å². The second-order valence-corrected chi connectivity index (χ2v) is 10.0. The highest BCUT2D eigenvalue weighted by Gasteiger charge is 2.25. The zero-order valence-electron chi connectivity index (χ0n) is 20.3. The summed E-state index contributed by atoms with van der Waals surface area (Å²) in [6, 6.07) is 11.9. The van der Waals surface area contributed by atoms with Gasteiger partial charge in [0.15, 0.2) is 5.11 Å². The molecule has 4 rings (SSSR count). The van der Waals surface area contributed by atoms with E-state index in [1.165, 1.54) is 0 Å². The highest BCUT2D eigenvalue weighted by molar-refractivity contribution is 7.80. The number of thiocarbonyl (C=S) groups is 1. The lowest BCUT2D eigenvalue weighted by Crippen LogP contribution is -2.49. The molecule has 0 bridgehead atoms. The van der Waals surface area contributed by atoms with Crippen molar-refractivity contribution in [1.29, 1.82) is 0 Å². The number of piperazine rings is 2. The monoisotopic (exact) mass is 517 g/mol. The Morgan fingerprint density at radius 3 is 2.26 bits per heavy atom. The molecule has 0 atom stereocenters. The molecule has 2 aliphatic heterocycles. The zero-order valence-corrected chi connectivity index (χ0v) is 21.8. The summed E-state index contributed by atoms with van der Waals surface area (Å²) in [7, 11) is 0. The summed E-state index contributed by atoms with van der Waals surface area (Å²) in [5.41, 5.74) is 11.4. The summed E-state index contributed by atoms with van der Waals surface area (Å²) in [6.07, 6.45) is 1.59. The average molecular weight is 518 g/mol. The van der Waals surface area contributed by atoms with E-state index in [0.29, 0.717) is 17.3 Å². The molecule has 2 aromatic rings. The first-order valence-corrected chi connectivity index (χ1v) is 12.8. The van der Waals surface area contributed by atoms with Crippen molar-refractivity contribution >= 4 is 52.2 Å². The van der Waals surface area contributed by atoms with Crippen molar-refractivity contribution in [2.45, 2.75) is 19.9 Å². The fraction of sp³-hybridized carbons (Fsp3) is 0.440. The Labute approximate surface area is 217 Å². The average Bonchev–Trinajstić information content (AvgIpc) is 2.84. The van der Waals surface area contributed by atoms with Crippen molar-refractivity contribution in [3.63, 3.8) is 0 Å². The maximum atomic E-state index is 15.4. The Balaban J connectivity index is 1.55. The number of hydrazone groups is 1. The summed E-state index contributed by atoms with van der Waals surface area (Å²) >= 11 is 11.0. The fourth-order valence-electron chi connectivity index (χ4n) is 4.71. The van der Waals surface area contributed by atoms with Crippen LogP contribution in [0.15, 0.2) is 41.5 Å². The van der Waals surface area contributed by atoms with Gasteiger partial charge in [-0.15, -0.1) is 0 Å². The SMILES string of the molecule is CC(C)N1CCN(c2cc(N3CCN(c4cccc(Cl)c4)CC3)c(F)cc2C=NNC(N)=S)CC1. The van der Waals surface area contributed by atoms with Gasteiger partial charge in [0.05, 0.1) is 11.9 Å². The molecule has 7 nitrogen and oxygen atoms in total. The van der Waals surface area contributed by atoms with Crippen LogP contribution in [0.2, 0.25) is 5.02 Å². The molecule has 0 radical (unpaired) electrons. The second kappa shape index (κ2) is 11.4. The van der Waals surface area contributed by atoms with Crippen LogP contribution < -0.4 is 25.9 Å². The number of halogens is 2. The maximum absolute atomic E-state index is 15.4. The standard InChI is InChI=1S/C25H33ClFN7S/c1-18(2)31-6-10-33(11-7-31)23-16-24(22(27)14-19(23)17-29-30-25(28)35)34-12-8-32(9-13-34)21-5-3-4-20(26)15-21/h3-5,14-18H,6-13H2,1-2H3,(H3,28,30,35). The topological polar surface area (TPSA) is 63.4 Å². The van der Waals surface area contributed by atoms with E-state index >= 15 is 4.39 Å². The maximum Gasteiger partial charge on any atom is 0.184 e. The van der Waals surface area contributed by atoms with Crippen molar-refractivity contribution in [3.8, 4) is 0 Å². The minimum absolute atomic E-state index is 0.0722. The minimum Gasteiger partial charge on any atom is -0.375 e. The molecule has 0 saturated carbocycles. The Morgan fingerprint density at radius 2 is 1.63 bits per heavy atom. The molecule has 2 aromatic carbocycles. The molecular formula is C25H33ClFN7S. The van der Waals surface area contributed by atoms with Crippen LogP contribution in [-0.4, -0.2) is 74.6 Å². The molecule has 0 aromatic heterocycles. The number of hydrogen-bond acceptors (Lipinski definition) is 6. The molecule has 0 aliphatic carbocycles. The van der Waals surface area contributed by atoms with E-state index in [9.17, 15) is 0 Å². The summed E-state index contributed by atoms with van der Waals surface area (Å²) in [5, 5.41) is 4.89. The van der Waals surface area contributed by atoms with E-state index in [2.05, 4.69) is 50.0 Å². The molecule has 2 aliphatic rings. The molecular weight excluding hydrogens is 485 g/mol. The molecule has 188 valence electrons. The van der Waals surface area contributed by atoms with Crippen LogP contribution in [0.3, 0.4) is 0 Å². The van der Waals surface area contributed by atoms with Crippen LogP contribution >= 0.6 is 23.8 Å². The number of hydrogen-bond donors (Lipinski definition) is 2. The number of nitrogens with one attached hydrogen (secondary N) is 1. The van der Waals surface area contributed by atoms with Crippen LogP contribution in [0.25, 0.3) is 0 Å². The summed E-state index contributed by atoms with van der Waals surface area (Å²) < 4.78 is 15.4. The van der Waals surface area contributed by atoms with Crippen LogP contribution in [0.5, 0.6) is 0 Å². The Bertz CT molecular complexity index is 1060. The predicted octanol–water partition coefficient (Wildman–Crippen LogP) is 3.50. The van der Waals surface area contributed by atoms with Crippen molar-refractivity contribution in [2.75, 3.05) is 67.1 Å². The lowest BCUT2D eigenvalue weighted by molar-refractivity contribution is 0.209. The Hall–Kier alpha value is -2.62. The number of anilines is 3. The van der Waals surface area contributed by atoms with Gasteiger partial charge in [0.2, 0.25) is 0 Å². The lowest BCUT2D eigenvalue weighted by atomic mass is 10.1. The van der Waals surface area contributed by atoms with E-state index < -0.39 is 0 Å². The summed E-state index contributed by atoms with van der Waals surface area (Å²) in [6.45, 7) is 11.1. The first kappa shape index (κ1) is 25.5. The van der Waals surface area contributed by atoms with Gasteiger partial charge in [0.1, 0.15) is 5.82 Å². The van der Waals surface area contributed by atoms with Crippen LogP contribution in [0.1, 0.15) is 19.4 Å². The minimum atomic E-state index is -0.262. The Morgan fingerprint density at radius 1 is 1.00 bits per heavy atom. The van der Waals surface area contributed by atoms with Gasteiger partial charge in [0.25, 0.3) is 0 Å². The molecule has 0 spiro atoms. The van der Waals surface area contributed by atoms with Gasteiger partial charge in [-0.2, -0.15) is 5.10 Å². The van der Waals surface area contributed by atoms with Gasteiger partial charge in [-0.05, 0) is 56.4 Å². The van der Waals surface area contributed by atoms with E-state index in [1.54, 1.807) is 12.3 Å². The number of rotatable bonds is 6. The van der Waals surface area contributed by atoms with Gasteiger partial charge in [-0.25, -0.2) is 4.39 Å². The first-order valence-electron chi connectivity index (χ1n) is 12.0. The third-order valence-corrected chi connectivity index (χ3v) is 6.98. The van der Waals surface area contributed by atoms with Gasteiger partial charge in [0, 0.05) is 80.4 Å². The van der Waals surface area contributed by atoms with Crippen molar-refractivity contribution in [2.24, 2.45) is 10.8 Å². The third kappa shape index (κ3) is 6.34. The highest BCUT2D eigenvalue weighted by atomic mass is 35.5. The molecule has 2 saturated heterocycles. The Kier molecular flexibility index (Phi) is 8.30. The molecule has 0 amide bonds. The van der Waals surface area contributed by atoms with Crippen LogP contribution in [0, 0.1) is 5.82 Å². The van der Waals surface area contributed by atoms with E-state index in [1.807, 2.05) is 24.3 Å². The van der Waals surface area contributed by atoms with E-state index in [4.69, 9.17) is 29.6 Å². The highest BCUT2D eigenvalue weighted by Crippen LogP contribution is 2.32. The molecule has 2 fully saturated rings. The van der Waals surface area contributed by atoms with Crippen LogP contribution in [0.4, 0.5) is 21.5 Å². The summed E-state index contributed by atoms with van der Waals surface area (Å²) in [4.78, 5) is 9.18. The zero-order chi connectivity index (χ0) is 24.9. The number of nitrogens with two attached hydrogens (primary N) is 1. The van der Waals surface area contributed by atoms with Crippen molar-refractivity contribution in [1.82, 2.24) is 10.3 Å². The fourth-order valence-corrected chi connectivity index (χ4v) is 4.95. The number of benzene rings is 2. The molecule has 35 heavy (non-hydrogen) atoms. The predicted molar refractivity (Wildman–Crippen MR) is 149 cm³/mol. The molecule has 0 unspecified atom stereocenters. The van der Waals surface area contributed by atoms with Crippen molar-refractivity contribution < 1.29 is 4.39 Å². The van der Waals surface area contributed by atoms with Crippen LogP contribution in [-0.2, 0) is 0 Å². The molecule has 10 heteroatoms. The third-order valence-electron chi connectivity index (χ3n) is 6.65.